The number of nitrogens with one attached hydrogen (secondary N) is 1. The van der Waals surface area contributed by atoms with Crippen LogP contribution in [0.5, 0.6) is 0 Å². The monoisotopic (exact) mass is 299 g/mol. The first-order valence-corrected chi connectivity index (χ1v) is 7.99. The van der Waals surface area contributed by atoms with Crippen LogP contribution in [0, 0.1) is 17.8 Å². The molecule has 1 rings (SSSR count). The molecule has 0 aromatic carbocycles. The Kier molecular flexibility index (Phi) is 6.99. The molecule has 0 radical (unpaired) electrons. The molecule has 1 fully saturated rings. The van der Waals surface area contributed by atoms with Crippen LogP contribution in [0.25, 0.3) is 0 Å². The molecular weight excluding hydrogens is 270 g/mol. The Bertz CT molecular complexity index is 346. The van der Waals surface area contributed by atoms with E-state index in [4.69, 9.17) is 9.84 Å². The second-order valence-electron chi connectivity index (χ2n) is 6.85. The molecule has 1 amide bonds. The van der Waals surface area contributed by atoms with Gasteiger partial charge in [0.2, 0.25) is 0 Å². The number of carboxylic acid groups (broad SMARTS) is 1. The molecule has 0 heterocycles. The van der Waals surface area contributed by atoms with Crippen molar-refractivity contribution in [2.24, 2.45) is 17.8 Å². The molecule has 5 heteroatoms. The largest absolute Gasteiger partial charge is 0.480 e. The van der Waals surface area contributed by atoms with Gasteiger partial charge < -0.3 is 15.2 Å². The van der Waals surface area contributed by atoms with Crippen LogP contribution >= 0.6 is 0 Å². The third-order valence-corrected chi connectivity index (χ3v) is 4.23. The normalized spacial score (nSPS) is 23.9. The van der Waals surface area contributed by atoms with E-state index in [9.17, 15) is 9.59 Å². The first kappa shape index (κ1) is 17.8. The number of carboxylic acids is 1. The van der Waals surface area contributed by atoms with Crippen molar-refractivity contribution in [3.8, 4) is 0 Å². The van der Waals surface area contributed by atoms with Crippen LogP contribution in [-0.2, 0) is 9.53 Å². The van der Waals surface area contributed by atoms with Crippen LogP contribution in [0.15, 0.2) is 0 Å². The zero-order valence-electron chi connectivity index (χ0n) is 13.6. The van der Waals surface area contributed by atoms with Crippen molar-refractivity contribution < 1.29 is 19.4 Å². The number of rotatable bonds is 6. The minimum Gasteiger partial charge on any atom is -0.480 e. The number of amides is 1. The number of carbonyl (C=O) groups is 2. The lowest BCUT2D eigenvalue weighted by Crippen LogP contribution is -2.43. The van der Waals surface area contributed by atoms with E-state index in [1.165, 1.54) is 0 Å². The topological polar surface area (TPSA) is 75.6 Å². The molecule has 1 aliphatic carbocycles. The minimum atomic E-state index is -1.01. The molecule has 1 atom stereocenters. The Hall–Kier alpha value is -1.26. The van der Waals surface area contributed by atoms with Gasteiger partial charge in [-0.05, 0) is 49.9 Å². The van der Waals surface area contributed by atoms with Gasteiger partial charge in [-0.2, -0.15) is 0 Å². The summed E-state index contributed by atoms with van der Waals surface area (Å²) in [7, 11) is 0. The van der Waals surface area contributed by atoms with Gasteiger partial charge in [-0.3, -0.25) is 0 Å². The zero-order chi connectivity index (χ0) is 16.0. The van der Waals surface area contributed by atoms with E-state index in [1.54, 1.807) is 0 Å². The van der Waals surface area contributed by atoms with Gasteiger partial charge in [0.1, 0.15) is 12.1 Å². The molecule has 0 spiro atoms. The van der Waals surface area contributed by atoms with Crippen molar-refractivity contribution in [3.05, 3.63) is 0 Å². The van der Waals surface area contributed by atoms with Crippen molar-refractivity contribution in [1.29, 1.82) is 0 Å². The number of alkyl carbamates (subject to hydrolysis) is 1. The molecule has 0 aliphatic heterocycles. The van der Waals surface area contributed by atoms with E-state index in [2.05, 4.69) is 19.2 Å². The van der Waals surface area contributed by atoms with Crippen LogP contribution in [0.1, 0.15) is 59.8 Å². The van der Waals surface area contributed by atoms with Crippen LogP contribution in [0.4, 0.5) is 4.79 Å². The van der Waals surface area contributed by atoms with E-state index in [0.717, 1.165) is 25.7 Å². The molecule has 5 nitrogen and oxygen atoms in total. The third kappa shape index (κ3) is 6.36. The summed E-state index contributed by atoms with van der Waals surface area (Å²) in [5, 5.41) is 11.6. The first-order chi connectivity index (χ1) is 9.79. The molecular formula is C16H29NO4. The lowest BCUT2D eigenvalue weighted by molar-refractivity contribution is -0.139. The summed E-state index contributed by atoms with van der Waals surface area (Å²) in [5.41, 5.74) is 0. The van der Waals surface area contributed by atoms with E-state index < -0.39 is 18.1 Å². The maximum atomic E-state index is 11.8. The van der Waals surface area contributed by atoms with Crippen molar-refractivity contribution in [2.75, 3.05) is 0 Å². The molecule has 0 saturated heterocycles. The zero-order valence-corrected chi connectivity index (χ0v) is 13.6. The summed E-state index contributed by atoms with van der Waals surface area (Å²) in [6, 6.07) is -0.871. The minimum absolute atomic E-state index is 0.0755. The van der Waals surface area contributed by atoms with Crippen LogP contribution in [0.3, 0.4) is 0 Å². The second-order valence-corrected chi connectivity index (χ2v) is 6.85. The van der Waals surface area contributed by atoms with Gasteiger partial charge in [0, 0.05) is 0 Å². The SMILES string of the molecule is CC(C)CC(NC(=O)OC1CCC(C(C)C)CC1)C(=O)O. The summed E-state index contributed by atoms with van der Waals surface area (Å²) < 4.78 is 5.37. The first-order valence-electron chi connectivity index (χ1n) is 7.99. The summed E-state index contributed by atoms with van der Waals surface area (Å²) in [6.07, 6.45) is 3.62. The molecule has 122 valence electrons. The molecule has 1 aliphatic rings. The third-order valence-electron chi connectivity index (χ3n) is 4.23. The molecule has 0 aromatic rings. The molecule has 1 unspecified atom stereocenters. The van der Waals surface area contributed by atoms with Crippen molar-refractivity contribution in [3.63, 3.8) is 0 Å². The summed E-state index contributed by atoms with van der Waals surface area (Å²) >= 11 is 0. The number of carbonyl (C=O) groups excluding carboxylic acids is 1. The standard InChI is InChI=1S/C16H29NO4/c1-10(2)9-14(15(18)19)17-16(20)21-13-7-5-12(6-8-13)11(3)4/h10-14H,5-9H2,1-4H3,(H,17,20)(H,18,19). The highest BCUT2D eigenvalue weighted by atomic mass is 16.6. The van der Waals surface area contributed by atoms with Gasteiger partial charge in [-0.25, -0.2) is 9.59 Å². The fourth-order valence-electron chi connectivity index (χ4n) is 2.89. The average molecular weight is 299 g/mol. The van der Waals surface area contributed by atoms with Crippen LogP contribution in [0.2, 0.25) is 0 Å². The average Bonchev–Trinajstić information content (AvgIpc) is 2.37. The second kappa shape index (κ2) is 8.25. The van der Waals surface area contributed by atoms with Gasteiger partial charge in [0.25, 0.3) is 0 Å². The number of aliphatic carboxylic acids is 1. The highest BCUT2D eigenvalue weighted by Crippen LogP contribution is 2.31. The molecule has 0 bridgehead atoms. The fourth-order valence-corrected chi connectivity index (χ4v) is 2.89. The van der Waals surface area contributed by atoms with Crippen molar-refractivity contribution in [2.45, 2.75) is 71.9 Å². The van der Waals surface area contributed by atoms with Gasteiger partial charge in [0.05, 0.1) is 0 Å². The van der Waals surface area contributed by atoms with Gasteiger partial charge in [-0.1, -0.05) is 27.7 Å². The number of hydrogen-bond acceptors (Lipinski definition) is 3. The van der Waals surface area contributed by atoms with E-state index in [0.29, 0.717) is 18.3 Å². The van der Waals surface area contributed by atoms with Gasteiger partial charge >= 0.3 is 12.1 Å². The predicted octanol–water partition coefficient (Wildman–Crippen LogP) is 3.43. The van der Waals surface area contributed by atoms with Gasteiger partial charge in [0.15, 0.2) is 0 Å². The molecule has 2 N–H and O–H groups in total. The van der Waals surface area contributed by atoms with Crippen molar-refractivity contribution >= 4 is 12.1 Å². The van der Waals surface area contributed by atoms with E-state index in [1.807, 2.05) is 13.8 Å². The quantitative estimate of drug-likeness (QED) is 0.788. The Morgan fingerprint density at radius 3 is 2.14 bits per heavy atom. The Morgan fingerprint density at radius 1 is 1.14 bits per heavy atom. The van der Waals surface area contributed by atoms with Gasteiger partial charge in [-0.15, -0.1) is 0 Å². The molecule has 1 saturated carbocycles. The Labute approximate surface area is 127 Å². The Balaban J connectivity index is 2.38. The maximum Gasteiger partial charge on any atom is 0.408 e. The lowest BCUT2D eigenvalue weighted by Gasteiger charge is -2.30. The van der Waals surface area contributed by atoms with E-state index >= 15 is 0 Å². The Morgan fingerprint density at radius 2 is 1.71 bits per heavy atom. The van der Waals surface area contributed by atoms with Crippen LogP contribution < -0.4 is 5.32 Å². The maximum absolute atomic E-state index is 11.8. The van der Waals surface area contributed by atoms with E-state index in [-0.39, 0.29) is 12.0 Å². The lowest BCUT2D eigenvalue weighted by atomic mass is 9.80. The number of hydrogen-bond donors (Lipinski definition) is 2. The fraction of sp³-hybridized carbons (Fsp3) is 0.875. The highest BCUT2D eigenvalue weighted by Gasteiger charge is 2.27. The van der Waals surface area contributed by atoms with Crippen molar-refractivity contribution in [1.82, 2.24) is 5.32 Å². The summed E-state index contributed by atoms with van der Waals surface area (Å²) in [5.74, 6) is 0.569. The molecule has 0 aromatic heterocycles. The summed E-state index contributed by atoms with van der Waals surface area (Å²) in [6.45, 7) is 8.30. The highest BCUT2D eigenvalue weighted by molar-refractivity contribution is 5.79. The molecule has 21 heavy (non-hydrogen) atoms. The smallest absolute Gasteiger partial charge is 0.408 e. The summed E-state index contributed by atoms with van der Waals surface area (Å²) in [4.78, 5) is 22.9. The predicted molar refractivity (Wildman–Crippen MR) is 81.1 cm³/mol. The van der Waals surface area contributed by atoms with Crippen LogP contribution in [-0.4, -0.2) is 29.3 Å². The number of ether oxygens (including phenoxy) is 1.